The molecule has 0 bridgehead atoms. The smallest absolute Gasteiger partial charge is 0.262 e. The van der Waals surface area contributed by atoms with Gasteiger partial charge in [0, 0.05) is 18.1 Å². The maximum atomic E-state index is 11.7. The highest BCUT2D eigenvalue weighted by Gasteiger charge is 2.06. The van der Waals surface area contributed by atoms with Crippen LogP contribution in [0.4, 0.5) is 5.69 Å². The van der Waals surface area contributed by atoms with Crippen molar-refractivity contribution in [1.82, 2.24) is 4.98 Å². The van der Waals surface area contributed by atoms with E-state index in [0.717, 1.165) is 10.0 Å². The van der Waals surface area contributed by atoms with Crippen molar-refractivity contribution in [3.63, 3.8) is 0 Å². The largest absolute Gasteiger partial charge is 0.483 e. The molecule has 4 nitrogen and oxygen atoms in total. The van der Waals surface area contributed by atoms with Crippen LogP contribution in [0, 0.1) is 6.92 Å². The molecule has 0 spiro atoms. The second-order valence-electron chi connectivity index (χ2n) is 4.01. The molecular formula is C14H13BrN2O2. The first kappa shape index (κ1) is 13.5. The van der Waals surface area contributed by atoms with Gasteiger partial charge in [-0.1, -0.05) is 6.07 Å². The summed E-state index contributed by atoms with van der Waals surface area (Å²) in [6, 6.07) is 9.15. The van der Waals surface area contributed by atoms with Crippen LogP contribution < -0.4 is 10.1 Å². The predicted molar refractivity (Wildman–Crippen MR) is 77.2 cm³/mol. The highest BCUT2D eigenvalue weighted by Crippen LogP contribution is 2.25. The maximum Gasteiger partial charge on any atom is 0.262 e. The van der Waals surface area contributed by atoms with E-state index in [1.54, 1.807) is 24.5 Å². The monoisotopic (exact) mass is 320 g/mol. The first-order valence-corrected chi connectivity index (χ1v) is 6.53. The summed E-state index contributed by atoms with van der Waals surface area (Å²) in [5, 5.41) is 2.72. The number of halogens is 1. The van der Waals surface area contributed by atoms with Gasteiger partial charge in [0.25, 0.3) is 5.91 Å². The first-order valence-electron chi connectivity index (χ1n) is 5.74. The number of nitrogens with one attached hydrogen (secondary N) is 1. The van der Waals surface area contributed by atoms with Gasteiger partial charge >= 0.3 is 0 Å². The van der Waals surface area contributed by atoms with Gasteiger partial charge in [0.2, 0.25) is 0 Å². The van der Waals surface area contributed by atoms with E-state index in [4.69, 9.17) is 4.74 Å². The molecule has 0 aliphatic heterocycles. The molecule has 0 atom stereocenters. The molecule has 5 heteroatoms. The maximum absolute atomic E-state index is 11.7. The second-order valence-corrected chi connectivity index (χ2v) is 4.86. The van der Waals surface area contributed by atoms with Gasteiger partial charge in [-0.15, -0.1) is 0 Å². The molecule has 0 aliphatic carbocycles. The van der Waals surface area contributed by atoms with Gasteiger partial charge in [-0.2, -0.15) is 0 Å². The number of pyridine rings is 1. The molecule has 0 fully saturated rings. The van der Waals surface area contributed by atoms with E-state index in [9.17, 15) is 4.79 Å². The number of carbonyl (C=O) groups is 1. The van der Waals surface area contributed by atoms with Crippen molar-refractivity contribution < 1.29 is 9.53 Å². The Hall–Kier alpha value is -1.88. The number of hydrogen-bond donors (Lipinski definition) is 1. The van der Waals surface area contributed by atoms with Crippen molar-refractivity contribution in [3.05, 3.63) is 52.8 Å². The Morgan fingerprint density at radius 2 is 2.05 bits per heavy atom. The van der Waals surface area contributed by atoms with E-state index >= 15 is 0 Å². The van der Waals surface area contributed by atoms with E-state index in [1.807, 2.05) is 25.1 Å². The number of hydrogen-bond acceptors (Lipinski definition) is 3. The van der Waals surface area contributed by atoms with Gasteiger partial charge in [0.1, 0.15) is 5.75 Å². The Kier molecular flexibility index (Phi) is 4.52. The van der Waals surface area contributed by atoms with E-state index in [-0.39, 0.29) is 12.5 Å². The lowest BCUT2D eigenvalue weighted by atomic mass is 10.2. The van der Waals surface area contributed by atoms with Crippen LogP contribution in [0.15, 0.2) is 47.2 Å². The molecule has 1 N–H and O–H groups in total. The van der Waals surface area contributed by atoms with Gasteiger partial charge < -0.3 is 10.1 Å². The SMILES string of the molecule is Cc1ccc(OCC(=O)Nc2ccncc2)c(Br)c1. The highest BCUT2D eigenvalue weighted by atomic mass is 79.9. The number of amides is 1. The molecule has 1 aromatic carbocycles. The fourth-order valence-electron chi connectivity index (χ4n) is 1.50. The zero-order chi connectivity index (χ0) is 13.7. The number of benzene rings is 1. The van der Waals surface area contributed by atoms with Gasteiger partial charge in [-0.25, -0.2) is 0 Å². The van der Waals surface area contributed by atoms with Crippen LogP contribution in [0.2, 0.25) is 0 Å². The molecule has 1 aromatic heterocycles. The van der Waals surface area contributed by atoms with Crippen molar-refractivity contribution in [2.75, 3.05) is 11.9 Å². The Morgan fingerprint density at radius 3 is 2.74 bits per heavy atom. The molecule has 0 saturated heterocycles. The van der Waals surface area contributed by atoms with Crippen LogP contribution in [0.25, 0.3) is 0 Å². The summed E-state index contributed by atoms with van der Waals surface area (Å²) in [6.07, 6.45) is 3.24. The lowest BCUT2D eigenvalue weighted by Gasteiger charge is -2.09. The molecule has 0 aliphatic rings. The summed E-state index contributed by atoms with van der Waals surface area (Å²) in [5.74, 6) is 0.439. The summed E-state index contributed by atoms with van der Waals surface area (Å²) in [5.41, 5.74) is 1.83. The summed E-state index contributed by atoms with van der Waals surface area (Å²) in [4.78, 5) is 15.6. The van der Waals surface area contributed by atoms with Crippen molar-refractivity contribution in [2.45, 2.75) is 6.92 Å². The van der Waals surface area contributed by atoms with Gasteiger partial charge in [0.05, 0.1) is 4.47 Å². The van der Waals surface area contributed by atoms with Gasteiger partial charge in [-0.3, -0.25) is 9.78 Å². The molecule has 98 valence electrons. The van der Waals surface area contributed by atoms with Gasteiger partial charge in [0.15, 0.2) is 6.61 Å². The fraction of sp³-hybridized carbons (Fsp3) is 0.143. The Morgan fingerprint density at radius 1 is 1.32 bits per heavy atom. The number of rotatable bonds is 4. The van der Waals surface area contributed by atoms with Crippen LogP contribution in [-0.4, -0.2) is 17.5 Å². The number of carbonyl (C=O) groups excluding carboxylic acids is 1. The fourth-order valence-corrected chi connectivity index (χ4v) is 2.11. The Balaban J connectivity index is 1.90. The van der Waals surface area contributed by atoms with Crippen LogP contribution in [0.3, 0.4) is 0 Å². The molecule has 19 heavy (non-hydrogen) atoms. The summed E-state index contributed by atoms with van der Waals surface area (Å²) in [6.45, 7) is 1.95. The molecular weight excluding hydrogens is 308 g/mol. The van der Waals surface area contributed by atoms with Crippen molar-refractivity contribution in [2.24, 2.45) is 0 Å². The standard InChI is InChI=1S/C14H13BrN2O2/c1-10-2-3-13(12(15)8-10)19-9-14(18)17-11-4-6-16-7-5-11/h2-8H,9H2,1H3,(H,16,17,18). The number of nitrogens with zero attached hydrogens (tertiary/aromatic N) is 1. The van der Waals surface area contributed by atoms with E-state index in [1.165, 1.54) is 0 Å². The lowest BCUT2D eigenvalue weighted by Crippen LogP contribution is -2.20. The molecule has 1 heterocycles. The van der Waals surface area contributed by atoms with Crippen LogP contribution in [-0.2, 0) is 4.79 Å². The van der Waals surface area contributed by atoms with Crippen molar-refractivity contribution in [1.29, 1.82) is 0 Å². The number of aromatic nitrogens is 1. The summed E-state index contributed by atoms with van der Waals surface area (Å²) >= 11 is 3.40. The third-order valence-corrected chi connectivity index (χ3v) is 3.03. The predicted octanol–water partition coefficient (Wildman–Crippen LogP) is 3.17. The molecule has 1 amide bonds. The second kappa shape index (κ2) is 6.33. The molecule has 0 saturated carbocycles. The Bertz CT molecular complexity index is 573. The topological polar surface area (TPSA) is 51.2 Å². The molecule has 0 radical (unpaired) electrons. The van der Waals surface area contributed by atoms with Crippen molar-refractivity contribution in [3.8, 4) is 5.75 Å². The molecule has 2 rings (SSSR count). The molecule has 0 unspecified atom stereocenters. The average Bonchev–Trinajstić information content (AvgIpc) is 2.39. The minimum Gasteiger partial charge on any atom is -0.483 e. The normalized spacial score (nSPS) is 10.0. The number of anilines is 1. The quantitative estimate of drug-likeness (QED) is 0.941. The highest BCUT2D eigenvalue weighted by molar-refractivity contribution is 9.10. The Labute approximate surface area is 119 Å². The summed E-state index contributed by atoms with van der Waals surface area (Å²) in [7, 11) is 0. The van der Waals surface area contributed by atoms with Crippen molar-refractivity contribution >= 4 is 27.5 Å². The minimum absolute atomic E-state index is 0.0377. The van der Waals surface area contributed by atoms with E-state index < -0.39 is 0 Å². The van der Waals surface area contributed by atoms with Crippen LogP contribution >= 0.6 is 15.9 Å². The number of ether oxygens (including phenoxy) is 1. The zero-order valence-electron chi connectivity index (χ0n) is 10.4. The third kappa shape index (κ3) is 4.06. The van der Waals surface area contributed by atoms with E-state index in [2.05, 4.69) is 26.2 Å². The van der Waals surface area contributed by atoms with Crippen LogP contribution in [0.5, 0.6) is 5.75 Å². The van der Waals surface area contributed by atoms with Crippen LogP contribution in [0.1, 0.15) is 5.56 Å². The minimum atomic E-state index is -0.210. The van der Waals surface area contributed by atoms with Gasteiger partial charge in [-0.05, 0) is 52.7 Å². The average molecular weight is 321 g/mol. The zero-order valence-corrected chi connectivity index (χ0v) is 12.0. The lowest BCUT2D eigenvalue weighted by molar-refractivity contribution is -0.118. The molecule has 2 aromatic rings. The number of aryl methyl sites for hydroxylation is 1. The summed E-state index contributed by atoms with van der Waals surface area (Å²) < 4.78 is 6.29. The first-order chi connectivity index (χ1) is 9.15. The van der Waals surface area contributed by atoms with E-state index in [0.29, 0.717) is 11.4 Å². The third-order valence-electron chi connectivity index (χ3n) is 2.41.